The summed E-state index contributed by atoms with van der Waals surface area (Å²) >= 11 is 18.8. The molecule has 4 rings (SSSR count). The van der Waals surface area contributed by atoms with Crippen LogP contribution in [0.1, 0.15) is 44.9 Å². The molecule has 1 fully saturated rings. The van der Waals surface area contributed by atoms with Gasteiger partial charge in [-0.3, -0.25) is 4.79 Å². The molecule has 2 heterocycles. The third-order valence-corrected chi connectivity index (χ3v) is 8.06. The summed E-state index contributed by atoms with van der Waals surface area (Å²) in [6.45, 7) is 1.51. The van der Waals surface area contributed by atoms with E-state index in [1.54, 1.807) is 13.0 Å². The molecule has 5 nitrogen and oxygen atoms in total. The zero-order valence-corrected chi connectivity index (χ0v) is 19.5. The number of carbonyl (C=O) groups is 1. The maximum absolute atomic E-state index is 14.2. The number of rotatable bonds is 5. The van der Waals surface area contributed by atoms with E-state index in [2.05, 4.69) is 10.5 Å². The second-order valence-corrected chi connectivity index (χ2v) is 10.1. The molecule has 0 radical (unpaired) electrons. The van der Waals surface area contributed by atoms with Gasteiger partial charge in [0.05, 0.1) is 43.4 Å². The molecule has 1 aliphatic carbocycles. The van der Waals surface area contributed by atoms with Gasteiger partial charge >= 0.3 is 6.18 Å². The number of amides is 1. The molecule has 172 valence electrons. The molecule has 32 heavy (non-hydrogen) atoms. The molecule has 1 aromatic heterocycles. The number of aryl methyl sites for hydroxylation is 1. The van der Waals surface area contributed by atoms with Gasteiger partial charge in [0, 0.05) is 5.56 Å². The molecular weight excluding hydrogens is 512 g/mol. The number of halogens is 6. The van der Waals surface area contributed by atoms with Gasteiger partial charge in [-0.2, -0.15) is 13.2 Å². The van der Waals surface area contributed by atoms with Crippen LogP contribution in [-0.4, -0.2) is 35.0 Å². The van der Waals surface area contributed by atoms with Crippen LogP contribution in [-0.2, 0) is 10.4 Å². The van der Waals surface area contributed by atoms with E-state index in [1.165, 1.54) is 0 Å². The van der Waals surface area contributed by atoms with Gasteiger partial charge in [-0.1, -0.05) is 40.0 Å². The van der Waals surface area contributed by atoms with E-state index in [4.69, 9.17) is 39.6 Å². The molecular formula is C20H16Cl3F3N2O3S. The summed E-state index contributed by atoms with van der Waals surface area (Å²) in [4.78, 5) is 18.3. The fraction of sp³-hybridized carbons (Fsp3) is 0.400. The topological polar surface area (TPSA) is 70.9 Å². The van der Waals surface area contributed by atoms with Crippen molar-refractivity contribution in [2.24, 2.45) is 5.16 Å². The summed E-state index contributed by atoms with van der Waals surface area (Å²) in [5, 5.41) is 15.6. The summed E-state index contributed by atoms with van der Waals surface area (Å²) in [6.07, 6.45) is -4.13. The van der Waals surface area contributed by atoms with Gasteiger partial charge in [-0.05, 0) is 43.5 Å². The fourth-order valence-electron chi connectivity index (χ4n) is 3.45. The van der Waals surface area contributed by atoms with Crippen LogP contribution in [0.25, 0.3) is 0 Å². The van der Waals surface area contributed by atoms with E-state index < -0.39 is 23.7 Å². The second-order valence-electron chi connectivity index (χ2n) is 7.90. The minimum Gasteiger partial charge on any atom is -0.394 e. The van der Waals surface area contributed by atoms with Gasteiger partial charge in [0.25, 0.3) is 11.5 Å². The molecule has 0 spiro atoms. The first-order chi connectivity index (χ1) is 14.9. The zero-order chi connectivity index (χ0) is 23.5. The average Bonchev–Trinajstić information content (AvgIpc) is 3.15. The highest BCUT2D eigenvalue weighted by Crippen LogP contribution is 2.51. The maximum Gasteiger partial charge on any atom is 0.435 e. The summed E-state index contributed by atoms with van der Waals surface area (Å²) in [5.41, 5.74) is -3.11. The van der Waals surface area contributed by atoms with Gasteiger partial charge < -0.3 is 15.3 Å². The van der Waals surface area contributed by atoms with Crippen molar-refractivity contribution >= 4 is 57.8 Å². The van der Waals surface area contributed by atoms with Gasteiger partial charge in [-0.25, -0.2) is 0 Å². The molecule has 1 saturated carbocycles. The number of thiophene rings is 1. The van der Waals surface area contributed by atoms with Crippen molar-refractivity contribution < 1.29 is 27.9 Å². The molecule has 1 amide bonds. The van der Waals surface area contributed by atoms with Crippen molar-refractivity contribution in [1.29, 1.82) is 0 Å². The quantitative estimate of drug-likeness (QED) is 0.479. The Labute approximate surface area is 200 Å². The third kappa shape index (κ3) is 3.98. The molecule has 2 aliphatic rings. The lowest BCUT2D eigenvalue weighted by Gasteiger charge is -2.29. The first-order valence-corrected chi connectivity index (χ1v) is 11.4. The SMILES string of the molecule is Cc1cc(C2=NOC(c3cc(Cl)c(Cl)c(Cl)c3)(C(F)(F)F)C2)sc1C(=O)NC1(CO)CC1. The first-order valence-electron chi connectivity index (χ1n) is 9.42. The lowest BCUT2D eigenvalue weighted by Crippen LogP contribution is -2.42. The van der Waals surface area contributed by atoms with Gasteiger partial charge in [0.1, 0.15) is 5.71 Å². The number of carbonyl (C=O) groups excluding carboxylic acids is 1. The van der Waals surface area contributed by atoms with E-state index in [1.807, 2.05) is 0 Å². The van der Waals surface area contributed by atoms with Crippen molar-refractivity contribution in [3.63, 3.8) is 0 Å². The maximum atomic E-state index is 14.2. The Morgan fingerprint density at radius 3 is 2.41 bits per heavy atom. The summed E-state index contributed by atoms with van der Waals surface area (Å²) in [5.74, 6) is -0.386. The van der Waals surface area contributed by atoms with Crippen LogP contribution in [0.3, 0.4) is 0 Å². The van der Waals surface area contributed by atoms with Gasteiger partial charge in [-0.15, -0.1) is 11.3 Å². The minimum atomic E-state index is -4.84. The van der Waals surface area contributed by atoms with Crippen molar-refractivity contribution in [1.82, 2.24) is 5.32 Å². The molecule has 0 bridgehead atoms. The van der Waals surface area contributed by atoms with E-state index >= 15 is 0 Å². The monoisotopic (exact) mass is 526 g/mol. The van der Waals surface area contributed by atoms with Crippen molar-refractivity contribution in [3.05, 3.63) is 54.1 Å². The smallest absolute Gasteiger partial charge is 0.394 e. The van der Waals surface area contributed by atoms with Crippen LogP contribution in [0.5, 0.6) is 0 Å². The van der Waals surface area contributed by atoms with E-state index in [0.29, 0.717) is 28.2 Å². The summed E-state index contributed by atoms with van der Waals surface area (Å²) in [7, 11) is 0. The van der Waals surface area contributed by atoms with E-state index in [9.17, 15) is 23.1 Å². The standard InChI is InChI=1S/C20H16Cl3F3N2O3S/c1-9-4-14(32-16(9)17(30)27-18(8-29)2-3-18)13-7-19(31-28-13,20(24,25)26)10-5-11(21)15(23)12(22)6-10/h4-6,29H,2-3,7-8H2,1H3,(H,27,30). The summed E-state index contributed by atoms with van der Waals surface area (Å²) in [6, 6.07) is 3.71. The van der Waals surface area contributed by atoms with Crippen LogP contribution >= 0.6 is 46.1 Å². The average molecular weight is 528 g/mol. The van der Waals surface area contributed by atoms with Crippen LogP contribution in [0.2, 0.25) is 15.1 Å². The highest BCUT2D eigenvalue weighted by Gasteiger charge is 2.62. The minimum absolute atomic E-state index is 0.0416. The number of hydrogen-bond donors (Lipinski definition) is 2. The molecule has 0 saturated heterocycles. The van der Waals surface area contributed by atoms with E-state index in [-0.39, 0.29) is 38.9 Å². The Kier molecular flexibility index (Phi) is 5.95. The molecule has 1 unspecified atom stereocenters. The second kappa shape index (κ2) is 8.06. The van der Waals surface area contributed by atoms with Crippen LogP contribution < -0.4 is 5.32 Å². The predicted molar refractivity (Wildman–Crippen MR) is 117 cm³/mol. The van der Waals surface area contributed by atoms with Crippen LogP contribution in [0, 0.1) is 6.92 Å². The highest BCUT2D eigenvalue weighted by molar-refractivity contribution is 7.16. The lowest BCUT2D eigenvalue weighted by atomic mass is 9.88. The Hall–Kier alpha value is -1.52. The van der Waals surface area contributed by atoms with Crippen molar-refractivity contribution in [2.75, 3.05) is 6.61 Å². The van der Waals surface area contributed by atoms with Gasteiger partial charge in [0.15, 0.2) is 0 Å². The Balaban J connectivity index is 1.64. The molecule has 12 heteroatoms. The summed E-state index contributed by atoms with van der Waals surface area (Å²) < 4.78 is 42.6. The lowest BCUT2D eigenvalue weighted by molar-refractivity contribution is -0.275. The number of oxime groups is 1. The van der Waals surface area contributed by atoms with E-state index in [0.717, 1.165) is 23.5 Å². The number of aliphatic hydroxyl groups excluding tert-OH is 1. The Bertz CT molecular complexity index is 1110. The van der Waals surface area contributed by atoms with Gasteiger partial charge in [0.2, 0.25) is 0 Å². The largest absolute Gasteiger partial charge is 0.435 e. The molecule has 1 aliphatic heterocycles. The molecule has 1 aromatic carbocycles. The Morgan fingerprint density at radius 2 is 1.88 bits per heavy atom. The predicted octanol–water partition coefficient (Wildman–Crippen LogP) is 5.85. The first kappa shape index (κ1) is 23.6. The number of benzene rings is 1. The number of hydrogen-bond acceptors (Lipinski definition) is 5. The number of nitrogens with one attached hydrogen (secondary N) is 1. The van der Waals surface area contributed by atoms with Crippen molar-refractivity contribution in [2.45, 2.75) is 43.5 Å². The Morgan fingerprint density at radius 1 is 1.25 bits per heavy atom. The molecule has 1 atom stereocenters. The number of alkyl halides is 3. The third-order valence-electron chi connectivity index (χ3n) is 5.58. The highest BCUT2D eigenvalue weighted by atomic mass is 35.5. The number of nitrogens with zero attached hydrogens (tertiary/aromatic N) is 1. The molecule has 2 aromatic rings. The normalized spacial score (nSPS) is 21.8. The van der Waals surface area contributed by atoms with Crippen molar-refractivity contribution in [3.8, 4) is 0 Å². The fourth-order valence-corrected chi connectivity index (χ4v) is 5.09. The van der Waals surface area contributed by atoms with Crippen LogP contribution in [0.4, 0.5) is 13.2 Å². The number of aliphatic hydroxyl groups is 1. The van der Waals surface area contributed by atoms with Crippen LogP contribution in [0.15, 0.2) is 23.4 Å². The zero-order valence-electron chi connectivity index (χ0n) is 16.4. The molecule has 2 N–H and O–H groups in total.